The number of halogens is 3. The van der Waals surface area contributed by atoms with Gasteiger partial charge in [0, 0.05) is 10.5 Å². The number of hydrogen-bond donors (Lipinski definition) is 1. The van der Waals surface area contributed by atoms with Gasteiger partial charge in [-0.2, -0.15) is 4.39 Å². The number of nitrogens with one attached hydrogen (secondary N) is 1. The van der Waals surface area contributed by atoms with Crippen molar-refractivity contribution in [2.75, 3.05) is 6.54 Å². The van der Waals surface area contributed by atoms with Gasteiger partial charge in [-0.25, -0.2) is 4.39 Å². The van der Waals surface area contributed by atoms with E-state index < -0.39 is 11.6 Å². The van der Waals surface area contributed by atoms with Gasteiger partial charge in [0.05, 0.1) is 0 Å². The molecule has 0 radical (unpaired) electrons. The van der Waals surface area contributed by atoms with Crippen molar-refractivity contribution in [3.8, 4) is 11.5 Å². The smallest absolute Gasteiger partial charge is 0.201 e. The van der Waals surface area contributed by atoms with E-state index in [0.717, 1.165) is 18.2 Å². The molecule has 21 heavy (non-hydrogen) atoms. The SMILES string of the molecule is CCNC(C)c1cccc(Oc2cc(Br)cc(F)c2F)c1. The predicted molar refractivity (Wildman–Crippen MR) is 82.7 cm³/mol. The van der Waals surface area contributed by atoms with Crippen LogP contribution in [0.2, 0.25) is 0 Å². The van der Waals surface area contributed by atoms with Crippen LogP contribution in [0.3, 0.4) is 0 Å². The van der Waals surface area contributed by atoms with E-state index in [-0.39, 0.29) is 11.8 Å². The van der Waals surface area contributed by atoms with E-state index in [0.29, 0.717) is 10.2 Å². The van der Waals surface area contributed by atoms with Gasteiger partial charge in [-0.15, -0.1) is 0 Å². The number of ether oxygens (including phenoxy) is 1. The predicted octanol–water partition coefficient (Wildman–Crippen LogP) is 5.19. The highest BCUT2D eigenvalue weighted by Crippen LogP contribution is 2.30. The summed E-state index contributed by atoms with van der Waals surface area (Å²) in [4.78, 5) is 0. The Morgan fingerprint density at radius 1 is 1.24 bits per heavy atom. The molecule has 112 valence electrons. The average molecular weight is 356 g/mol. The zero-order valence-electron chi connectivity index (χ0n) is 11.8. The number of rotatable bonds is 5. The van der Waals surface area contributed by atoms with E-state index in [1.165, 1.54) is 6.07 Å². The van der Waals surface area contributed by atoms with Gasteiger partial charge in [-0.3, -0.25) is 0 Å². The van der Waals surface area contributed by atoms with Gasteiger partial charge in [0.25, 0.3) is 0 Å². The Hall–Kier alpha value is -1.46. The van der Waals surface area contributed by atoms with Crippen molar-refractivity contribution in [1.82, 2.24) is 5.32 Å². The van der Waals surface area contributed by atoms with Crippen molar-refractivity contribution in [1.29, 1.82) is 0 Å². The van der Waals surface area contributed by atoms with Gasteiger partial charge < -0.3 is 10.1 Å². The Morgan fingerprint density at radius 2 is 2.00 bits per heavy atom. The molecule has 0 aliphatic rings. The molecule has 0 aliphatic heterocycles. The molecule has 0 bridgehead atoms. The van der Waals surface area contributed by atoms with Crippen LogP contribution in [0.1, 0.15) is 25.5 Å². The molecule has 0 saturated carbocycles. The highest BCUT2D eigenvalue weighted by Gasteiger charge is 2.13. The molecule has 2 aromatic rings. The summed E-state index contributed by atoms with van der Waals surface area (Å²) >= 11 is 3.12. The number of hydrogen-bond acceptors (Lipinski definition) is 2. The lowest BCUT2D eigenvalue weighted by Crippen LogP contribution is -2.17. The number of benzene rings is 2. The van der Waals surface area contributed by atoms with Gasteiger partial charge in [0.15, 0.2) is 11.6 Å². The van der Waals surface area contributed by atoms with Crippen molar-refractivity contribution in [2.24, 2.45) is 0 Å². The van der Waals surface area contributed by atoms with Crippen molar-refractivity contribution >= 4 is 15.9 Å². The Morgan fingerprint density at radius 3 is 2.71 bits per heavy atom. The van der Waals surface area contributed by atoms with Crippen LogP contribution in [0.4, 0.5) is 8.78 Å². The molecule has 0 fully saturated rings. The van der Waals surface area contributed by atoms with Crippen LogP contribution < -0.4 is 10.1 Å². The van der Waals surface area contributed by atoms with Gasteiger partial charge in [0.2, 0.25) is 5.82 Å². The molecule has 5 heteroatoms. The Kier molecular flexibility index (Phi) is 5.31. The monoisotopic (exact) mass is 355 g/mol. The highest BCUT2D eigenvalue weighted by atomic mass is 79.9. The quantitative estimate of drug-likeness (QED) is 0.745. The van der Waals surface area contributed by atoms with E-state index in [9.17, 15) is 8.78 Å². The first-order chi connectivity index (χ1) is 10.0. The highest BCUT2D eigenvalue weighted by molar-refractivity contribution is 9.10. The lowest BCUT2D eigenvalue weighted by atomic mass is 10.1. The largest absolute Gasteiger partial charge is 0.454 e. The molecule has 0 amide bonds. The lowest BCUT2D eigenvalue weighted by molar-refractivity contribution is 0.414. The summed E-state index contributed by atoms with van der Waals surface area (Å²) < 4.78 is 33.0. The van der Waals surface area contributed by atoms with E-state index >= 15 is 0 Å². The minimum Gasteiger partial charge on any atom is -0.454 e. The third-order valence-corrected chi connectivity index (χ3v) is 3.51. The summed E-state index contributed by atoms with van der Waals surface area (Å²) in [5.74, 6) is -1.62. The summed E-state index contributed by atoms with van der Waals surface area (Å²) in [6, 6.07) is 9.92. The molecule has 1 N–H and O–H groups in total. The van der Waals surface area contributed by atoms with Crippen molar-refractivity contribution < 1.29 is 13.5 Å². The van der Waals surface area contributed by atoms with Crippen LogP contribution >= 0.6 is 15.9 Å². The van der Waals surface area contributed by atoms with Crippen LogP contribution in [-0.2, 0) is 0 Å². The van der Waals surface area contributed by atoms with Gasteiger partial charge in [-0.1, -0.05) is 35.0 Å². The normalized spacial score (nSPS) is 12.2. The summed E-state index contributed by atoms with van der Waals surface area (Å²) in [6.45, 7) is 4.90. The van der Waals surface area contributed by atoms with E-state index in [1.807, 2.05) is 32.0 Å². The summed E-state index contributed by atoms with van der Waals surface area (Å²) in [6.07, 6.45) is 0. The second kappa shape index (κ2) is 7.00. The summed E-state index contributed by atoms with van der Waals surface area (Å²) in [5, 5.41) is 3.29. The van der Waals surface area contributed by atoms with Crippen LogP contribution in [0, 0.1) is 11.6 Å². The summed E-state index contributed by atoms with van der Waals surface area (Å²) in [7, 11) is 0. The topological polar surface area (TPSA) is 21.3 Å². The zero-order chi connectivity index (χ0) is 15.4. The maximum absolute atomic E-state index is 13.7. The summed E-state index contributed by atoms with van der Waals surface area (Å²) in [5.41, 5.74) is 1.02. The van der Waals surface area contributed by atoms with Crippen molar-refractivity contribution in [3.05, 3.63) is 58.1 Å². The van der Waals surface area contributed by atoms with E-state index in [2.05, 4.69) is 21.2 Å². The Labute approximate surface area is 131 Å². The van der Waals surface area contributed by atoms with Crippen LogP contribution in [-0.4, -0.2) is 6.54 Å². The fourth-order valence-electron chi connectivity index (χ4n) is 2.01. The molecule has 0 aromatic heterocycles. The molecule has 1 atom stereocenters. The molecule has 2 aromatic carbocycles. The van der Waals surface area contributed by atoms with Crippen molar-refractivity contribution in [2.45, 2.75) is 19.9 Å². The molecular weight excluding hydrogens is 340 g/mol. The maximum Gasteiger partial charge on any atom is 0.201 e. The Balaban J connectivity index is 2.26. The van der Waals surface area contributed by atoms with Gasteiger partial charge in [-0.05, 0) is 43.3 Å². The molecular formula is C16H16BrF2NO. The minimum absolute atomic E-state index is 0.143. The fraction of sp³-hybridized carbons (Fsp3) is 0.250. The second-order valence-corrected chi connectivity index (χ2v) is 5.57. The van der Waals surface area contributed by atoms with E-state index in [4.69, 9.17) is 4.74 Å². The Bertz CT molecular complexity index is 634. The lowest BCUT2D eigenvalue weighted by Gasteiger charge is -2.14. The third kappa shape index (κ3) is 4.02. The molecule has 2 nitrogen and oxygen atoms in total. The van der Waals surface area contributed by atoms with Crippen LogP contribution in [0.5, 0.6) is 11.5 Å². The first-order valence-electron chi connectivity index (χ1n) is 6.67. The first-order valence-corrected chi connectivity index (χ1v) is 7.46. The van der Waals surface area contributed by atoms with Crippen molar-refractivity contribution in [3.63, 3.8) is 0 Å². The molecule has 0 heterocycles. The molecule has 2 rings (SSSR count). The zero-order valence-corrected chi connectivity index (χ0v) is 13.4. The standard InChI is InChI=1S/C16H16BrF2NO/c1-3-20-10(2)11-5-4-6-13(7-11)21-15-9-12(17)8-14(18)16(15)19/h4-10,20H,3H2,1-2H3. The maximum atomic E-state index is 13.7. The molecule has 0 saturated heterocycles. The third-order valence-electron chi connectivity index (χ3n) is 3.06. The molecule has 1 unspecified atom stereocenters. The second-order valence-electron chi connectivity index (χ2n) is 4.65. The fourth-order valence-corrected chi connectivity index (χ4v) is 2.41. The molecule has 0 spiro atoms. The molecule has 0 aliphatic carbocycles. The minimum atomic E-state index is -0.997. The average Bonchev–Trinajstić information content (AvgIpc) is 2.45. The van der Waals surface area contributed by atoms with Gasteiger partial charge in [0.1, 0.15) is 5.75 Å². The van der Waals surface area contributed by atoms with E-state index in [1.54, 1.807) is 6.07 Å². The van der Waals surface area contributed by atoms with Crippen LogP contribution in [0.25, 0.3) is 0 Å². The first kappa shape index (κ1) is 15.9. The van der Waals surface area contributed by atoms with Crippen LogP contribution in [0.15, 0.2) is 40.9 Å². The van der Waals surface area contributed by atoms with Gasteiger partial charge >= 0.3 is 0 Å².